The Balaban J connectivity index is 1.93. The van der Waals surface area contributed by atoms with Gasteiger partial charge in [-0.05, 0) is 59.9 Å². The number of amides is 2. The van der Waals surface area contributed by atoms with E-state index in [2.05, 4.69) is 11.4 Å². The van der Waals surface area contributed by atoms with Gasteiger partial charge < -0.3 is 9.80 Å². The van der Waals surface area contributed by atoms with Gasteiger partial charge in [-0.3, -0.25) is 9.59 Å². The number of fused-ring (bicyclic) bond motifs is 1. The highest BCUT2D eigenvalue weighted by Crippen LogP contribution is 2.41. The van der Waals surface area contributed by atoms with Crippen molar-refractivity contribution in [2.45, 2.75) is 66.0 Å². The maximum atomic E-state index is 13.7. The van der Waals surface area contributed by atoms with Crippen molar-refractivity contribution in [1.82, 2.24) is 9.80 Å². The number of carbonyl (C=O) groups excluding carboxylic acids is 2. The standard InChI is InChI=1S/C25H32Cl2N2O2S/c1-6-16(2)29(22(30)14-25(3,4)5)15-23(31)28-11-9-21-19(10-12-32-21)24(28)18-8-7-17(26)13-20(18)27/h7-8,10,12-13,16,24H,6,9,11,14-15H2,1-5H3. The number of hydrogen-bond acceptors (Lipinski definition) is 3. The molecular weight excluding hydrogens is 463 g/mol. The predicted molar refractivity (Wildman–Crippen MR) is 134 cm³/mol. The molecule has 1 aromatic carbocycles. The van der Waals surface area contributed by atoms with Crippen LogP contribution in [0.25, 0.3) is 0 Å². The first kappa shape index (κ1) is 25.1. The lowest BCUT2D eigenvalue weighted by molar-refractivity contribution is -0.144. The summed E-state index contributed by atoms with van der Waals surface area (Å²) in [6, 6.07) is 7.22. The summed E-state index contributed by atoms with van der Waals surface area (Å²) in [5, 5.41) is 3.17. The number of rotatable bonds is 6. The average molecular weight is 496 g/mol. The van der Waals surface area contributed by atoms with Crippen LogP contribution >= 0.6 is 34.5 Å². The van der Waals surface area contributed by atoms with Crippen molar-refractivity contribution in [3.8, 4) is 0 Å². The second-order valence-corrected chi connectivity index (χ2v) is 11.6. The van der Waals surface area contributed by atoms with Crippen molar-refractivity contribution in [2.75, 3.05) is 13.1 Å². The second kappa shape index (κ2) is 10.1. The van der Waals surface area contributed by atoms with Crippen LogP contribution in [0, 0.1) is 5.41 Å². The van der Waals surface area contributed by atoms with Crippen molar-refractivity contribution in [3.63, 3.8) is 0 Å². The van der Waals surface area contributed by atoms with Crippen LogP contribution in [0.15, 0.2) is 29.6 Å². The topological polar surface area (TPSA) is 40.6 Å². The Morgan fingerprint density at radius 1 is 1.22 bits per heavy atom. The average Bonchev–Trinajstić information content (AvgIpc) is 3.18. The van der Waals surface area contributed by atoms with Crippen molar-refractivity contribution in [2.24, 2.45) is 5.41 Å². The first-order chi connectivity index (χ1) is 15.0. The third-order valence-corrected chi connectivity index (χ3v) is 7.53. The molecule has 7 heteroatoms. The molecule has 1 aliphatic heterocycles. The highest BCUT2D eigenvalue weighted by atomic mass is 35.5. The van der Waals surface area contributed by atoms with Gasteiger partial charge in [0.15, 0.2) is 0 Å². The third kappa shape index (κ3) is 5.67. The summed E-state index contributed by atoms with van der Waals surface area (Å²) < 4.78 is 0. The molecule has 0 radical (unpaired) electrons. The molecule has 0 bridgehead atoms. The molecule has 0 aliphatic carbocycles. The molecule has 4 nitrogen and oxygen atoms in total. The minimum Gasteiger partial charge on any atom is -0.331 e. The molecule has 0 saturated carbocycles. The number of hydrogen-bond donors (Lipinski definition) is 0. The normalized spacial score (nSPS) is 17.1. The molecule has 3 rings (SSSR count). The number of benzene rings is 1. The molecule has 0 fully saturated rings. The van der Waals surface area contributed by atoms with Gasteiger partial charge in [-0.25, -0.2) is 0 Å². The van der Waals surface area contributed by atoms with E-state index in [1.165, 1.54) is 4.88 Å². The summed E-state index contributed by atoms with van der Waals surface area (Å²) in [5.41, 5.74) is 1.83. The fourth-order valence-electron chi connectivity index (χ4n) is 4.15. The van der Waals surface area contributed by atoms with Gasteiger partial charge >= 0.3 is 0 Å². The Morgan fingerprint density at radius 2 is 1.94 bits per heavy atom. The fraction of sp³-hybridized carbons (Fsp3) is 0.520. The molecule has 2 unspecified atom stereocenters. The molecule has 0 saturated heterocycles. The Morgan fingerprint density at radius 3 is 2.56 bits per heavy atom. The number of nitrogens with zero attached hydrogens (tertiary/aromatic N) is 2. The molecule has 2 amide bonds. The van der Waals surface area contributed by atoms with Gasteiger partial charge in [0, 0.05) is 33.9 Å². The van der Waals surface area contributed by atoms with Gasteiger partial charge in [-0.15, -0.1) is 11.3 Å². The Kier molecular flexibility index (Phi) is 7.95. The maximum absolute atomic E-state index is 13.7. The summed E-state index contributed by atoms with van der Waals surface area (Å²) >= 11 is 14.4. The summed E-state index contributed by atoms with van der Waals surface area (Å²) in [6.45, 7) is 10.9. The number of carbonyl (C=O) groups is 2. The zero-order valence-electron chi connectivity index (χ0n) is 19.5. The summed E-state index contributed by atoms with van der Waals surface area (Å²) in [5.74, 6) is -0.0325. The lowest BCUT2D eigenvalue weighted by atomic mass is 9.91. The van der Waals surface area contributed by atoms with Crippen LogP contribution in [-0.4, -0.2) is 40.7 Å². The third-order valence-electron chi connectivity index (χ3n) is 5.97. The second-order valence-electron chi connectivity index (χ2n) is 9.72. The van der Waals surface area contributed by atoms with Crippen LogP contribution in [0.5, 0.6) is 0 Å². The monoisotopic (exact) mass is 494 g/mol. The molecule has 174 valence electrons. The van der Waals surface area contributed by atoms with E-state index in [1.54, 1.807) is 22.3 Å². The number of thiophene rings is 1. The smallest absolute Gasteiger partial charge is 0.243 e. The van der Waals surface area contributed by atoms with Crippen LogP contribution in [0.3, 0.4) is 0 Å². The van der Waals surface area contributed by atoms with E-state index < -0.39 is 0 Å². The quantitative estimate of drug-likeness (QED) is 0.454. The SMILES string of the molecule is CCC(C)N(CC(=O)N1CCc2sccc2C1c1ccc(Cl)cc1Cl)C(=O)CC(C)(C)C. The van der Waals surface area contributed by atoms with Gasteiger partial charge in [-0.1, -0.05) is 57.0 Å². The van der Waals surface area contributed by atoms with Crippen LogP contribution in [-0.2, 0) is 16.0 Å². The largest absolute Gasteiger partial charge is 0.331 e. The van der Waals surface area contributed by atoms with Crippen LogP contribution < -0.4 is 0 Å². The summed E-state index contributed by atoms with van der Waals surface area (Å²) in [4.78, 5) is 31.7. The summed E-state index contributed by atoms with van der Waals surface area (Å²) in [6.07, 6.45) is 2.01. The fourth-order valence-corrected chi connectivity index (χ4v) is 5.56. The molecule has 0 spiro atoms. The van der Waals surface area contributed by atoms with Gasteiger partial charge in [0.25, 0.3) is 0 Å². The predicted octanol–water partition coefficient (Wildman–Crippen LogP) is 6.59. The Hall–Kier alpha value is -1.56. The zero-order valence-corrected chi connectivity index (χ0v) is 21.8. The van der Waals surface area contributed by atoms with Crippen LogP contribution in [0.2, 0.25) is 10.0 Å². The van der Waals surface area contributed by atoms with Crippen molar-refractivity contribution in [3.05, 3.63) is 55.7 Å². The van der Waals surface area contributed by atoms with Gasteiger partial charge in [0.05, 0.1) is 6.04 Å². The van der Waals surface area contributed by atoms with Crippen LogP contribution in [0.4, 0.5) is 0 Å². The van der Waals surface area contributed by atoms with Crippen molar-refractivity contribution >= 4 is 46.4 Å². The van der Waals surface area contributed by atoms with Crippen LogP contribution in [0.1, 0.15) is 69.5 Å². The van der Waals surface area contributed by atoms with E-state index in [0.29, 0.717) is 23.0 Å². The molecule has 0 N–H and O–H groups in total. The molecule has 2 aromatic rings. The first-order valence-corrected chi connectivity index (χ1v) is 12.8. The van der Waals surface area contributed by atoms with Gasteiger partial charge in [0.1, 0.15) is 6.54 Å². The highest BCUT2D eigenvalue weighted by molar-refractivity contribution is 7.10. The van der Waals surface area contributed by atoms with E-state index in [1.807, 2.05) is 51.7 Å². The Labute approximate surface area is 205 Å². The molecule has 2 heterocycles. The zero-order chi connectivity index (χ0) is 23.6. The number of halogens is 2. The van der Waals surface area contributed by atoms with E-state index in [9.17, 15) is 9.59 Å². The highest BCUT2D eigenvalue weighted by Gasteiger charge is 2.36. The van der Waals surface area contributed by atoms with Crippen molar-refractivity contribution < 1.29 is 9.59 Å². The molecular formula is C25H32Cl2N2O2S. The molecule has 32 heavy (non-hydrogen) atoms. The molecule has 1 aromatic heterocycles. The summed E-state index contributed by atoms with van der Waals surface area (Å²) in [7, 11) is 0. The van der Waals surface area contributed by atoms with Crippen molar-refractivity contribution in [1.29, 1.82) is 0 Å². The van der Waals surface area contributed by atoms with Gasteiger partial charge in [0.2, 0.25) is 11.8 Å². The molecule has 1 aliphatic rings. The minimum atomic E-state index is -0.279. The first-order valence-electron chi connectivity index (χ1n) is 11.1. The maximum Gasteiger partial charge on any atom is 0.243 e. The Bertz CT molecular complexity index is 983. The van der Waals surface area contributed by atoms with E-state index >= 15 is 0 Å². The van der Waals surface area contributed by atoms with E-state index in [-0.39, 0.29) is 35.9 Å². The van der Waals surface area contributed by atoms with Gasteiger partial charge in [-0.2, -0.15) is 0 Å². The minimum absolute atomic E-state index is 0.00660. The lowest BCUT2D eigenvalue weighted by Crippen LogP contribution is -2.49. The molecule has 2 atom stereocenters. The lowest BCUT2D eigenvalue weighted by Gasteiger charge is -2.39. The van der Waals surface area contributed by atoms with E-state index in [4.69, 9.17) is 23.2 Å². The van der Waals surface area contributed by atoms with E-state index in [0.717, 1.165) is 24.0 Å².